The van der Waals surface area contributed by atoms with Crippen LogP contribution in [0.5, 0.6) is 0 Å². The molecule has 94 valence electrons. The number of hydrogen-bond acceptors (Lipinski definition) is 1. The molecule has 0 aliphatic rings. The number of benzene rings is 1. The van der Waals surface area contributed by atoms with E-state index in [1.54, 1.807) is 0 Å². The lowest BCUT2D eigenvalue weighted by Gasteiger charge is -2.20. The number of carbonyl (C=O) groups is 1. The minimum Gasteiger partial charge on any atom is -0.481 e. The van der Waals surface area contributed by atoms with Crippen molar-refractivity contribution in [1.82, 2.24) is 0 Å². The molecule has 1 atom stereocenters. The molecule has 17 heavy (non-hydrogen) atoms. The van der Waals surface area contributed by atoms with Gasteiger partial charge in [0.15, 0.2) is 0 Å². The van der Waals surface area contributed by atoms with E-state index in [0.29, 0.717) is 0 Å². The van der Waals surface area contributed by atoms with Crippen LogP contribution in [0.1, 0.15) is 17.9 Å². The first-order valence-electron chi connectivity index (χ1n) is 4.46. The van der Waals surface area contributed by atoms with Gasteiger partial charge in [0.25, 0.3) is 0 Å². The summed E-state index contributed by atoms with van der Waals surface area (Å²) < 4.78 is 51.2. The Balaban J connectivity index is 3.27. The number of halogens is 5. The van der Waals surface area contributed by atoms with E-state index >= 15 is 0 Å². The van der Waals surface area contributed by atoms with Crippen molar-refractivity contribution < 1.29 is 27.5 Å². The zero-order valence-corrected chi connectivity index (χ0v) is 9.02. The molecule has 0 heterocycles. The monoisotopic (exact) mass is 270 g/mol. The van der Waals surface area contributed by atoms with Crippen LogP contribution in [-0.2, 0) is 4.79 Å². The highest BCUT2D eigenvalue weighted by Crippen LogP contribution is 2.41. The lowest BCUT2D eigenvalue weighted by molar-refractivity contribution is -0.163. The normalized spacial score (nSPS) is 13.5. The number of carboxylic acid groups (broad SMARTS) is 1. The van der Waals surface area contributed by atoms with Crippen molar-refractivity contribution in [3.05, 3.63) is 34.6 Å². The van der Waals surface area contributed by atoms with Gasteiger partial charge in [0, 0.05) is 10.6 Å². The summed E-state index contributed by atoms with van der Waals surface area (Å²) in [6, 6.07) is 3.04. The third-order valence-corrected chi connectivity index (χ3v) is 2.45. The molecular formula is C10H7ClF4O2. The quantitative estimate of drug-likeness (QED) is 0.852. The second kappa shape index (κ2) is 4.91. The zero-order valence-electron chi connectivity index (χ0n) is 8.26. The summed E-state index contributed by atoms with van der Waals surface area (Å²) in [4.78, 5) is 10.4. The van der Waals surface area contributed by atoms with Gasteiger partial charge in [0.2, 0.25) is 0 Å². The van der Waals surface area contributed by atoms with Crippen molar-refractivity contribution in [1.29, 1.82) is 0 Å². The molecule has 0 bridgehead atoms. The van der Waals surface area contributed by atoms with Crippen molar-refractivity contribution in [2.75, 3.05) is 0 Å². The number of hydrogen-bond donors (Lipinski definition) is 1. The van der Waals surface area contributed by atoms with E-state index in [1.165, 1.54) is 0 Å². The lowest BCUT2D eigenvalue weighted by Crippen LogP contribution is -2.25. The molecule has 1 N–H and O–H groups in total. The van der Waals surface area contributed by atoms with Crippen LogP contribution < -0.4 is 0 Å². The van der Waals surface area contributed by atoms with E-state index in [4.69, 9.17) is 16.7 Å². The van der Waals surface area contributed by atoms with Crippen LogP contribution in [-0.4, -0.2) is 17.3 Å². The van der Waals surface area contributed by atoms with Crippen LogP contribution >= 0.6 is 11.6 Å². The Labute approximate surface area is 98.8 Å². The van der Waals surface area contributed by atoms with Crippen LogP contribution in [0.25, 0.3) is 0 Å². The summed E-state index contributed by atoms with van der Waals surface area (Å²) in [5, 5.41) is 7.99. The Morgan fingerprint density at radius 2 is 2.00 bits per heavy atom. The summed E-state index contributed by atoms with van der Waals surface area (Å²) in [6.07, 6.45) is -6.13. The van der Waals surface area contributed by atoms with Gasteiger partial charge in [-0.3, -0.25) is 4.79 Å². The van der Waals surface area contributed by atoms with Crippen molar-refractivity contribution >= 4 is 17.6 Å². The first kappa shape index (κ1) is 13.8. The molecule has 2 nitrogen and oxygen atoms in total. The van der Waals surface area contributed by atoms with Gasteiger partial charge in [-0.25, -0.2) is 4.39 Å². The summed E-state index contributed by atoms with van der Waals surface area (Å²) in [5.41, 5.74) is -0.830. The van der Waals surface area contributed by atoms with Gasteiger partial charge >= 0.3 is 12.1 Å². The Bertz CT molecular complexity index is 411. The van der Waals surface area contributed by atoms with Crippen LogP contribution in [0.3, 0.4) is 0 Å². The van der Waals surface area contributed by atoms with Gasteiger partial charge in [0.05, 0.1) is 12.3 Å². The second-order valence-corrected chi connectivity index (χ2v) is 3.73. The largest absolute Gasteiger partial charge is 0.481 e. The van der Waals surface area contributed by atoms with E-state index in [2.05, 4.69) is 0 Å². The highest BCUT2D eigenvalue weighted by atomic mass is 35.5. The Morgan fingerprint density at radius 3 is 2.41 bits per heavy atom. The fourth-order valence-corrected chi connectivity index (χ4v) is 1.69. The summed E-state index contributed by atoms with van der Waals surface area (Å²) >= 11 is 5.48. The molecule has 0 radical (unpaired) electrons. The molecule has 1 rings (SSSR count). The van der Waals surface area contributed by atoms with E-state index < -0.39 is 40.9 Å². The zero-order chi connectivity index (χ0) is 13.2. The minimum absolute atomic E-state index is 0.437. The molecule has 7 heteroatoms. The molecule has 0 aliphatic carbocycles. The van der Waals surface area contributed by atoms with Gasteiger partial charge in [0.1, 0.15) is 5.82 Å². The maximum atomic E-state index is 13.3. The van der Waals surface area contributed by atoms with E-state index in [1.807, 2.05) is 0 Å². The highest BCUT2D eigenvalue weighted by molar-refractivity contribution is 6.31. The number of alkyl halides is 3. The van der Waals surface area contributed by atoms with Crippen molar-refractivity contribution in [3.63, 3.8) is 0 Å². The maximum absolute atomic E-state index is 13.3. The van der Waals surface area contributed by atoms with Gasteiger partial charge in [-0.2, -0.15) is 13.2 Å². The smallest absolute Gasteiger partial charge is 0.396 e. The molecule has 0 fully saturated rings. The van der Waals surface area contributed by atoms with E-state index in [-0.39, 0.29) is 0 Å². The lowest BCUT2D eigenvalue weighted by atomic mass is 9.94. The Morgan fingerprint density at radius 1 is 1.41 bits per heavy atom. The van der Waals surface area contributed by atoms with Crippen LogP contribution in [0.2, 0.25) is 5.02 Å². The standard InChI is InChI=1S/C10H7ClF4O2/c11-6-2-1-3-7(12)9(6)5(4-8(16)17)10(13,14)15/h1-3,5H,4H2,(H,16,17). The molecule has 0 aromatic heterocycles. The predicted molar refractivity (Wildman–Crippen MR) is 52.5 cm³/mol. The third-order valence-electron chi connectivity index (χ3n) is 2.12. The Hall–Kier alpha value is -1.30. The fraction of sp³-hybridized carbons (Fsp3) is 0.300. The summed E-state index contributed by atoms with van der Waals surface area (Å²) in [7, 11) is 0. The minimum atomic E-state index is -4.87. The molecule has 0 saturated carbocycles. The molecule has 0 saturated heterocycles. The van der Waals surface area contributed by atoms with Crippen LogP contribution in [0.15, 0.2) is 18.2 Å². The molecular weight excluding hydrogens is 264 g/mol. The number of aliphatic carboxylic acids is 1. The van der Waals surface area contributed by atoms with E-state index in [0.717, 1.165) is 18.2 Å². The molecule has 1 unspecified atom stereocenters. The molecule has 1 aromatic rings. The van der Waals surface area contributed by atoms with Gasteiger partial charge in [-0.05, 0) is 12.1 Å². The van der Waals surface area contributed by atoms with Crippen LogP contribution in [0, 0.1) is 5.82 Å². The van der Waals surface area contributed by atoms with E-state index in [9.17, 15) is 22.4 Å². The third kappa shape index (κ3) is 3.33. The average Bonchev–Trinajstić information content (AvgIpc) is 2.13. The Kier molecular flexibility index (Phi) is 3.98. The second-order valence-electron chi connectivity index (χ2n) is 3.33. The number of carboxylic acids is 1. The molecule has 1 aromatic carbocycles. The highest BCUT2D eigenvalue weighted by Gasteiger charge is 2.44. The SMILES string of the molecule is O=C(O)CC(c1c(F)cccc1Cl)C(F)(F)F. The van der Waals surface area contributed by atoms with Crippen molar-refractivity contribution in [2.24, 2.45) is 0 Å². The summed E-state index contributed by atoms with van der Waals surface area (Å²) in [6.45, 7) is 0. The predicted octanol–water partition coefficient (Wildman–Crippen LogP) is 3.60. The number of rotatable bonds is 3. The van der Waals surface area contributed by atoms with Crippen LogP contribution in [0.4, 0.5) is 17.6 Å². The summed E-state index contributed by atoms with van der Waals surface area (Å²) in [5.74, 6) is -5.29. The average molecular weight is 271 g/mol. The topological polar surface area (TPSA) is 37.3 Å². The van der Waals surface area contributed by atoms with Crippen molar-refractivity contribution in [3.8, 4) is 0 Å². The van der Waals surface area contributed by atoms with Gasteiger partial charge < -0.3 is 5.11 Å². The van der Waals surface area contributed by atoms with Gasteiger partial charge in [-0.15, -0.1) is 0 Å². The molecule has 0 amide bonds. The van der Waals surface area contributed by atoms with Crippen molar-refractivity contribution in [2.45, 2.75) is 18.5 Å². The molecule has 0 aliphatic heterocycles. The fourth-order valence-electron chi connectivity index (χ4n) is 1.40. The first-order chi connectivity index (χ1) is 7.73. The molecule has 0 spiro atoms. The maximum Gasteiger partial charge on any atom is 0.396 e. The van der Waals surface area contributed by atoms with Gasteiger partial charge in [-0.1, -0.05) is 17.7 Å². The first-order valence-corrected chi connectivity index (χ1v) is 4.83.